The molecule has 0 aliphatic rings. The summed E-state index contributed by atoms with van der Waals surface area (Å²) in [7, 11) is 1.56. The third-order valence-corrected chi connectivity index (χ3v) is 3.39. The molecule has 6 heteroatoms. The minimum absolute atomic E-state index is 0.0234. The molecule has 2 rings (SSSR count). The van der Waals surface area contributed by atoms with Crippen LogP contribution in [0.15, 0.2) is 54.6 Å². The zero-order chi connectivity index (χ0) is 18.1. The second-order valence-corrected chi connectivity index (χ2v) is 5.23. The molecule has 0 radical (unpaired) electrons. The summed E-state index contributed by atoms with van der Waals surface area (Å²) in [5, 5.41) is 2.67. The van der Waals surface area contributed by atoms with Crippen molar-refractivity contribution < 1.29 is 23.9 Å². The van der Waals surface area contributed by atoms with Gasteiger partial charge in [0, 0.05) is 17.7 Å². The van der Waals surface area contributed by atoms with Crippen LogP contribution in [-0.2, 0) is 14.3 Å². The van der Waals surface area contributed by atoms with Gasteiger partial charge in [-0.1, -0.05) is 30.3 Å². The Morgan fingerprint density at radius 3 is 2.24 bits per heavy atom. The lowest BCUT2D eigenvalue weighted by atomic mass is 10.1. The molecule has 0 spiro atoms. The Bertz CT molecular complexity index is 725. The minimum Gasteiger partial charge on any atom is -0.497 e. The van der Waals surface area contributed by atoms with Crippen LogP contribution in [0, 0.1) is 0 Å². The number of methoxy groups -OCH3 is 1. The van der Waals surface area contributed by atoms with Crippen LogP contribution in [-0.4, -0.2) is 31.4 Å². The first-order chi connectivity index (χ1) is 12.1. The van der Waals surface area contributed by atoms with Crippen LogP contribution in [0.25, 0.3) is 0 Å². The summed E-state index contributed by atoms with van der Waals surface area (Å²) in [5.74, 6) is -0.494. The van der Waals surface area contributed by atoms with Gasteiger partial charge in [0.2, 0.25) is 5.91 Å². The van der Waals surface area contributed by atoms with E-state index in [0.29, 0.717) is 17.0 Å². The van der Waals surface area contributed by atoms with Gasteiger partial charge in [0.15, 0.2) is 12.4 Å². The van der Waals surface area contributed by atoms with Gasteiger partial charge in [-0.3, -0.25) is 14.4 Å². The summed E-state index contributed by atoms with van der Waals surface area (Å²) >= 11 is 0. The maximum atomic E-state index is 11.8. The topological polar surface area (TPSA) is 81.7 Å². The highest BCUT2D eigenvalue weighted by Crippen LogP contribution is 2.15. The molecule has 2 aromatic rings. The average Bonchev–Trinajstić information content (AvgIpc) is 2.65. The molecule has 0 unspecified atom stereocenters. The van der Waals surface area contributed by atoms with E-state index < -0.39 is 5.97 Å². The number of nitrogens with one attached hydrogen (secondary N) is 1. The highest BCUT2D eigenvalue weighted by atomic mass is 16.5. The Kier molecular flexibility index (Phi) is 6.71. The van der Waals surface area contributed by atoms with Crippen LogP contribution in [0.2, 0.25) is 0 Å². The maximum absolute atomic E-state index is 11.8. The van der Waals surface area contributed by atoms with Crippen LogP contribution in [0.1, 0.15) is 23.2 Å². The highest BCUT2D eigenvalue weighted by molar-refractivity contribution is 5.98. The fourth-order valence-corrected chi connectivity index (χ4v) is 2.04. The van der Waals surface area contributed by atoms with Crippen LogP contribution < -0.4 is 10.1 Å². The van der Waals surface area contributed by atoms with Crippen molar-refractivity contribution in [3.63, 3.8) is 0 Å². The quantitative estimate of drug-likeness (QED) is 0.590. The number of carbonyl (C=O) groups excluding carboxylic acids is 3. The van der Waals surface area contributed by atoms with Crippen molar-refractivity contribution in [2.45, 2.75) is 12.8 Å². The normalized spacial score (nSPS) is 9.96. The van der Waals surface area contributed by atoms with Gasteiger partial charge >= 0.3 is 5.97 Å². The van der Waals surface area contributed by atoms with Gasteiger partial charge in [-0.2, -0.15) is 0 Å². The van der Waals surface area contributed by atoms with E-state index in [0.717, 1.165) is 0 Å². The predicted molar refractivity (Wildman–Crippen MR) is 92.6 cm³/mol. The molecule has 0 saturated heterocycles. The largest absolute Gasteiger partial charge is 0.497 e. The van der Waals surface area contributed by atoms with E-state index in [1.54, 1.807) is 61.7 Å². The molecule has 0 heterocycles. The van der Waals surface area contributed by atoms with E-state index >= 15 is 0 Å². The first kappa shape index (κ1) is 18.2. The van der Waals surface area contributed by atoms with Gasteiger partial charge in [0.1, 0.15) is 5.75 Å². The zero-order valence-electron chi connectivity index (χ0n) is 13.9. The number of hydrogen-bond donors (Lipinski definition) is 1. The van der Waals surface area contributed by atoms with Gasteiger partial charge in [-0.15, -0.1) is 0 Å². The molecular formula is C19H19NO5. The molecule has 0 bridgehead atoms. The van der Waals surface area contributed by atoms with Crippen molar-refractivity contribution in [3.05, 3.63) is 60.2 Å². The van der Waals surface area contributed by atoms with Gasteiger partial charge in [-0.25, -0.2) is 0 Å². The number of ether oxygens (including phenoxy) is 2. The lowest BCUT2D eigenvalue weighted by Gasteiger charge is -2.07. The third-order valence-electron chi connectivity index (χ3n) is 3.39. The summed E-state index contributed by atoms with van der Waals surface area (Å²) in [5.41, 5.74) is 1.09. The van der Waals surface area contributed by atoms with Gasteiger partial charge < -0.3 is 14.8 Å². The molecule has 2 aromatic carbocycles. The molecule has 0 aliphatic heterocycles. The van der Waals surface area contributed by atoms with Crippen molar-refractivity contribution in [1.82, 2.24) is 0 Å². The number of benzene rings is 2. The molecule has 6 nitrogen and oxygen atoms in total. The summed E-state index contributed by atoms with van der Waals surface area (Å²) in [6.45, 7) is -0.330. The molecule has 25 heavy (non-hydrogen) atoms. The summed E-state index contributed by atoms with van der Waals surface area (Å²) in [4.78, 5) is 35.3. The first-order valence-corrected chi connectivity index (χ1v) is 7.76. The number of Topliss-reactive ketones (excluding diaryl/α,β-unsaturated/α-hetero) is 1. The van der Waals surface area contributed by atoms with Crippen molar-refractivity contribution in [2.75, 3.05) is 19.0 Å². The Morgan fingerprint density at radius 1 is 0.920 bits per heavy atom. The van der Waals surface area contributed by atoms with Crippen LogP contribution in [0.4, 0.5) is 5.69 Å². The van der Waals surface area contributed by atoms with Gasteiger partial charge in [0.05, 0.1) is 13.5 Å². The zero-order valence-corrected chi connectivity index (χ0v) is 13.9. The monoisotopic (exact) mass is 341 g/mol. The van der Waals surface area contributed by atoms with Gasteiger partial charge in [0.25, 0.3) is 0 Å². The fraction of sp³-hybridized carbons (Fsp3) is 0.211. The summed E-state index contributed by atoms with van der Waals surface area (Å²) in [6, 6.07) is 15.4. The van der Waals surface area contributed by atoms with Crippen molar-refractivity contribution in [3.8, 4) is 5.75 Å². The molecule has 0 aromatic heterocycles. The molecule has 0 saturated carbocycles. The summed E-state index contributed by atoms with van der Waals surface area (Å²) < 4.78 is 9.93. The molecule has 1 N–H and O–H groups in total. The van der Waals surface area contributed by atoms with E-state index in [1.807, 2.05) is 0 Å². The minimum atomic E-state index is -0.589. The number of anilines is 1. The second kappa shape index (κ2) is 9.22. The molecule has 0 atom stereocenters. The summed E-state index contributed by atoms with van der Waals surface area (Å²) in [6.07, 6.45) is -0.117. The highest BCUT2D eigenvalue weighted by Gasteiger charge is 2.12. The SMILES string of the molecule is COc1ccc(NC(=O)CCC(=O)OCC(=O)c2ccccc2)cc1. The average molecular weight is 341 g/mol. The van der Waals surface area contributed by atoms with Crippen molar-refractivity contribution >= 4 is 23.3 Å². The molecule has 0 aliphatic carbocycles. The van der Waals surface area contributed by atoms with Crippen molar-refractivity contribution in [1.29, 1.82) is 0 Å². The van der Waals surface area contributed by atoms with Crippen LogP contribution in [0.5, 0.6) is 5.75 Å². The molecular weight excluding hydrogens is 322 g/mol. The molecule has 1 amide bonds. The number of amides is 1. The van der Waals surface area contributed by atoms with E-state index in [1.165, 1.54) is 0 Å². The fourth-order valence-electron chi connectivity index (χ4n) is 2.04. The Labute approximate surface area is 145 Å². The van der Waals surface area contributed by atoms with Gasteiger partial charge in [-0.05, 0) is 24.3 Å². The standard InChI is InChI=1S/C19H19NO5/c1-24-16-9-7-15(8-10-16)20-18(22)11-12-19(23)25-13-17(21)14-5-3-2-4-6-14/h2-10H,11-13H2,1H3,(H,20,22). The van der Waals surface area contributed by atoms with Crippen LogP contribution >= 0.6 is 0 Å². The lowest BCUT2D eigenvalue weighted by molar-refractivity contribution is -0.143. The Morgan fingerprint density at radius 2 is 1.60 bits per heavy atom. The maximum Gasteiger partial charge on any atom is 0.306 e. The van der Waals surface area contributed by atoms with Crippen LogP contribution in [0.3, 0.4) is 0 Å². The van der Waals surface area contributed by atoms with Crippen molar-refractivity contribution in [2.24, 2.45) is 0 Å². The number of ketones is 1. The van der Waals surface area contributed by atoms with E-state index in [9.17, 15) is 14.4 Å². The molecule has 130 valence electrons. The smallest absolute Gasteiger partial charge is 0.306 e. The van der Waals surface area contributed by atoms with E-state index in [-0.39, 0.29) is 31.1 Å². The first-order valence-electron chi connectivity index (χ1n) is 7.76. The lowest BCUT2D eigenvalue weighted by Crippen LogP contribution is -2.17. The molecule has 0 fully saturated rings. The number of hydrogen-bond acceptors (Lipinski definition) is 5. The number of rotatable bonds is 8. The third kappa shape index (κ3) is 6.10. The Hall–Kier alpha value is -3.15. The number of carbonyl (C=O) groups is 3. The Balaban J connectivity index is 1.70. The number of esters is 1. The van der Waals surface area contributed by atoms with E-state index in [4.69, 9.17) is 9.47 Å². The van der Waals surface area contributed by atoms with E-state index in [2.05, 4.69) is 5.32 Å². The predicted octanol–water partition coefficient (Wildman–Crippen LogP) is 2.84. The second-order valence-electron chi connectivity index (χ2n) is 5.23.